The quantitative estimate of drug-likeness (QED) is 0.701. The molecular weight excluding hydrogens is 258 g/mol. The molecule has 1 N–H and O–H groups in total. The fourth-order valence-electron chi connectivity index (χ4n) is 1.89. The van der Waals surface area contributed by atoms with E-state index in [0.717, 1.165) is 12.8 Å². The molecule has 0 spiro atoms. The van der Waals surface area contributed by atoms with Gasteiger partial charge in [-0.2, -0.15) is 4.31 Å². The van der Waals surface area contributed by atoms with Crippen LogP contribution in [0.25, 0.3) is 0 Å². The fourth-order valence-corrected chi connectivity index (χ4v) is 3.51. The number of nitrogens with zero attached hydrogens (tertiary/aromatic N) is 1. The second-order valence-electron chi connectivity index (χ2n) is 4.71. The van der Waals surface area contributed by atoms with Gasteiger partial charge in [-0.1, -0.05) is 0 Å². The van der Waals surface area contributed by atoms with Crippen molar-refractivity contribution in [3.8, 4) is 0 Å². The highest BCUT2D eigenvalue weighted by atomic mass is 32.2. The normalized spacial score (nSPS) is 19.8. The molecule has 1 aliphatic carbocycles. The van der Waals surface area contributed by atoms with Crippen LogP contribution in [0.3, 0.4) is 0 Å². The van der Waals surface area contributed by atoms with Gasteiger partial charge in [0.25, 0.3) is 0 Å². The summed E-state index contributed by atoms with van der Waals surface area (Å²) in [5.41, 5.74) is 0. The summed E-state index contributed by atoms with van der Waals surface area (Å²) in [7, 11) is -2.33. The van der Waals surface area contributed by atoms with Gasteiger partial charge in [-0.25, -0.2) is 8.42 Å². The highest BCUT2D eigenvalue weighted by Crippen LogP contribution is 2.36. The summed E-state index contributed by atoms with van der Waals surface area (Å²) in [4.78, 5) is 10.9. The molecule has 0 aromatic carbocycles. The van der Waals surface area contributed by atoms with Gasteiger partial charge in [0.15, 0.2) is 5.25 Å². The Morgan fingerprint density at radius 2 is 2.00 bits per heavy atom. The van der Waals surface area contributed by atoms with Crippen LogP contribution in [0.4, 0.5) is 0 Å². The minimum absolute atomic E-state index is 0.160. The van der Waals surface area contributed by atoms with E-state index in [9.17, 15) is 13.2 Å². The smallest absolute Gasteiger partial charge is 0.323 e. The lowest BCUT2D eigenvalue weighted by molar-refractivity contribution is -0.136. The Morgan fingerprint density at radius 3 is 2.39 bits per heavy atom. The predicted molar refractivity (Wildman–Crippen MR) is 66.8 cm³/mol. The molecule has 7 heteroatoms. The van der Waals surface area contributed by atoms with E-state index < -0.39 is 21.2 Å². The van der Waals surface area contributed by atoms with Crippen molar-refractivity contribution in [2.75, 3.05) is 20.3 Å². The van der Waals surface area contributed by atoms with Crippen molar-refractivity contribution in [1.82, 2.24) is 4.31 Å². The van der Waals surface area contributed by atoms with Crippen LogP contribution >= 0.6 is 0 Å². The Morgan fingerprint density at radius 1 is 1.44 bits per heavy atom. The van der Waals surface area contributed by atoms with E-state index in [2.05, 4.69) is 0 Å². The van der Waals surface area contributed by atoms with Crippen LogP contribution in [-0.2, 0) is 19.6 Å². The molecule has 1 rings (SSSR count). The minimum atomic E-state index is -3.82. The van der Waals surface area contributed by atoms with Crippen molar-refractivity contribution in [2.45, 2.75) is 38.0 Å². The van der Waals surface area contributed by atoms with Gasteiger partial charge in [0.05, 0.1) is 6.61 Å². The molecule has 0 saturated heterocycles. The summed E-state index contributed by atoms with van der Waals surface area (Å²) in [6, 6.07) is -0.160. The molecule has 18 heavy (non-hydrogen) atoms. The average molecular weight is 279 g/mol. The third kappa shape index (κ3) is 3.43. The summed E-state index contributed by atoms with van der Waals surface area (Å²) >= 11 is 0. The first-order valence-corrected chi connectivity index (χ1v) is 7.55. The molecule has 106 valence electrons. The second-order valence-corrected chi connectivity index (χ2v) is 6.91. The SMILES string of the molecule is COCCN(C(C)C1CC1)S(=O)(=O)C(C)C(=O)O. The fraction of sp³-hybridized carbons (Fsp3) is 0.909. The van der Waals surface area contributed by atoms with Crippen LogP contribution in [0.15, 0.2) is 0 Å². The predicted octanol–water partition coefficient (Wildman–Crippen LogP) is 0.536. The number of carboxylic acids is 1. The molecule has 1 fully saturated rings. The Kier molecular flexibility index (Phi) is 5.12. The summed E-state index contributed by atoms with van der Waals surface area (Å²) in [5.74, 6) is -0.974. The number of methoxy groups -OCH3 is 1. The standard InChI is InChI=1S/C11H21NO5S/c1-8(10-4-5-10)12(6-7-17-3)18(15,16)9(2)11(13)14/h8-10H,4-7H2,1-3H3,(H,13,14). The zero-order chi connectivity index (χ0) is 13.9. The molecule has 0 aromatic rings. The lowest BCUT2D eigenvalue weighted by atomic mass is 10.2. The largest absolute Gasteiger partial charge is 0.480 e. The first-order valence-electron chi connectivity index (χ1n) is 6.04. The van der Waals surface area contributed by atoms with Crippen molar-refractivity contribution in [1.29, 1.82) is 0 Å². The molecule has 0 aromatic heterocycles. The van der Waals surface area contributed by atoms with Crippen LogP contribution in [0, 0.1) is 5.92 Å². The van der Waals surface area contributed by atoms with E-state index in [1.54, 1.807) is 0 Å². The number of hydrogen-bond acceptors (Lipinski definition) is 4. The molecule has 2 atom stereocenters. The zero-order valence-electron chi connectivity index (χ0n) is 11.0. The van der Waals surface area contributed by atoms with Crippen molar-refractivity contribution in [2.24, 2.45) is 5.92 Å². The topological polar surface area (TPSA) is 83.9 Å². The maximum absolute atomic E-state index is 12.2. The Balaban J connectivity index is 2.89. The molecule has 0 radical (unpaired) electrons. The summed E-state index contributed by atoms with van der Waals surface area (Å²) in [6.45, 7) is 3.51. The number of rotatable bonds is 8. The van der Waals surface area contributed by atoms with E-state index in [0.29, 0.717) is 5.92 Å². The van der Waals surface area contributed by atoms with Crippen molar-refractivity contribution in [3.63, 3.8) is 0 Å². The zero-order valence-corrected chi connectivity index (χ0v) is 11.8. The third-order valence-corrected chi connectivity index (χ3v) is 5.66. The molecule has 1 saturated carbocycles. The highest BCUT2D eigenvalue weighted by molar-refractivity contribution is 7.90. The number of carbonyl (C=O) groups is 1. The van der Waals surface area contributed by atoms with E-state index >= 15 is 0 Å². The number of hydrogen-bond donors (Lipinski definition) is 1. The van der Waals surface area contributed by atoms with E-state index in [4.69, 9.17) is 9.84 Å². The van der Waals surface area contributed by atoms with Crippen LogP contribution in [-0.4, -0.2) is 55.4 Å². The van der Waals surface area contributed by atoms with Crippen molar-refractivity contribution >= 4 is 16.0 Å². The van der Waals surface area contributed by atoms with Crippen LogP contribution in [0.1, 0.15) is 26.7 Å². The van der Waals surface area contributed by atoms with E-state index in [1.165, 1.54) is 18.3 Å². The van der Waals surface area contributed by atoms with E-state index in [-0.39, 0.29) is 19.2 Å². The van der Waals surface area contributed by atoms with Gasteiger partial charge in [-0.3, -0.25) is 4.79 Å². The number of aliphatic carboxylic acids is 1. The number of ether oxygens (including phenoxy) is 1. The van der Waals surface area contributed by atoms with E-state index in [1.807, 2.05) is 6.92 Å². The monoisotopic (exact) mass is 279 g/mol. The highest BCUT2D eigenvalue weighted by Gasteiger charge is 2.41. The maximum atomic E-state index is 12.2. The molecule has 0 aliphatic heterocycles. The van der Waals surface area contributed by atoms with Gasteiger partial charge in [0.1, 0.15) is 0 Å². The Labute approximate surface area is 108 Å². The van der Waals surface area contributed by atoms with Crippen LogP contribution in [0.5, 0.6) is 0 Å². The number of sulfonamides is 1. The Hall–Kier alpha value is -0.660. The third-order valence-electron chi connectivity index (χ3n) is 3.40. The summed E-state index contributed by atoms with van der Waals surface area (Å²) < 4.78 is 30.7. The minimum Gasteiger partial charge on any atom is -0.480 e. The number of carboxylic acid groups (broad SMARTS) is 1. The van der Waals surface area contributed by atoms with Gasteiger partial charge < -0.3 is 9.84 Å². The summed E-state index contributed by atoms with van der Waals surface area (Å²) in [6.07, 6.45) is 2.00. The van der Waals surface area contributed by atoms with Gasteiger partial charge in [-0.15, -0.1) is 0 Å². The van der Waals surface area contributed by atoms with Gasteiger partial charge in [0.2, 0.25) is 10.0 Å². The lowest BCUT2D eigenvalue weighted by Gasteiger charge is -2.29. The molecule has 0 amide bonds. The summed E-state index contributed by atoms with van der Waals surface area (Å²) in [5, 5.41) is 7.47. The first-order chi connectivity index (χ1) is 8.32. The second kappa shape index (κ2) is 5.99. The Bertz CT molecular complexity index is 390. The van der Waals surface area contributed by atoms with Gasteiger partial charge in [-0.05, 0) is 32.6 Å². The first kappa shape index (κ1) is 15.4. The van der Waals surface area contributed by atoms with Crippen molar-refractivity contribution < 1.29 is 23.1 Å². The average Bonchev–Trinajstić information content (AvgIpc) is 3.11. The van der Waals surface area contributed by atoms with Crippen molar-refractivity contribution in [3.05, 3.63) is 0 Å². The molecular formula is C11H21NO5S. The molecule has 6 nitrogen and oxygen atoms in total. The van der Waals surface area contributed by atoms with Crippen LogP contribution in [0.2, 0.25) is 0 Å². The van der Waals surface area contributed by atoms with Gasteiger partial charge >= 0.3 is 5.97 Å². The van der Waals surface area contributed by atoms with Crippen LogP contribution < -0.4 is 0 Å². The molecule has 0 heterocycles. The maximum Gasteiger partial charge on any atom is 0.323 e. The lowest BCUT2D eigenvalue weighted by Crippen LogP contribution is -2.47. The molecule has 2 unspecified atom stereocenters. The molecule has 0 bridgehead atoms. The van der Waals surface area contributed by atoms with Gasteiger partial charge in [0, 0.05) is 19.7 Å². The molecule has 1 aliphatic rings.